The van der Waals surface area contributed by atoms with E-state index >= 15 is 0 Å². The molecule has 1 unspecified atom stereocenters. The van der Waals surface area contributed by atoms with Crippen molar-refractivity contribution in [1.29, 1.82) is 0 Å². The number of nitrogens with zero attached hydrogens (tertiary/aromatic N) is 1. The SMILES string of the molecule is CC(C)C1Oc2cc(C=CC(=O)O)cnc2NC1=O. The highest BCUT2D eigenvalue weighted by molar-refractivity contribution is 5.97. The van der Waals surface area contributed by atoms with Crippen LogP contribution in [0.4, 0.5) is 5.82 Å². The summed E-state index contributed by atoms with van der Waals surface area (Å²) in [5.74, 6) is -0.414. The minimum Gasteiger partial charge on any atom is -0.478 e. The number of nitrogens with one attached hydrogen (secondary N) is 1. The molecule has 2 N–H and O–H groups in total. The number of fused-ring (bicyclic) bond motifs is 1. The first kappa shape index (κ1) is 13.1. The fourth-order valence-electron chi connectivity index (χ4n) is 1.72. The largest absolute Gasteiger partial charge is 0.478 e. The van der Waals surface area contributed by atoms with E-state index in [2.05, 4.69) is 10.3 Å². The van der Waals surface area contributed by atoms with Crippen molar-refractivity contribution in [1.82, 2.24) is 4.98 Å². The number of carboxylic acids is 1. The molecule has 2 heterocycles. The van der Waals surface area contributed by atoms with Crippen LogP contribution in [0.1, 0.15) is 19.4 Å². The summed E-state index contributed by atoms with van der Waals surface area (Å²) in [5, 5.41) is 11.2. The van der Waals surface area contributed by atoms with Gasteiger partial charge in [0.1, 0.15) is 0 Å². The molecular weight excluding hydrogens is 248 g/mol. The lowest BCUT2D eigenvalue weighted by molar-refractivity contribution is -0.131. The Morgan fingerprint density at radius 1 is 1.58 bits per heavy atom. The Kier molecular flexibility index (Phi) is 3.50. The highest BCUT2D eigenvalue weighted by Gasteiger charge is 2.30. The number of anilines is 1. The number of aliphatic carboxylic acids is 1. The Morgan fingerprint density at radius 2 is 2.32 bits per heavy atom. The van der Waals surface area contributed by atoms with E-state index in [1.54, 1.807) is 6.07 Å². The lowest BCUT2D eigenvalue weighted by Crippen LogP contribution is -2.40. The maximum atomic E-state index is 11.7. The van der Waals surface area contributed by atoms with Crippen LogP contribution >= 0.6 is 0 Å². The van der Waals surface area contributed by atoms with Crippen molar-refractivity contribution in [3.05, 3.63) is 23.9 Å². The number of carboxylic acid groups (broad SMARTS) is 1. The molecule has 100 valence electrons. The molecule has 1 aromatic rings. The summed E-state index contributed by atoms with van der Waals surface area (Å²) in [7, 11) is 0. The second kappa shape index (κ2) is 5.09. The highest BCUT2D eigenvalue weighted by Crippen LogP contribution is 2.30. The van der Waals surface area contributed by atoms with Crippen LogP contribution < -0.4 is 10.1 Å². The normalized spacial score (nSPS) is 18.1. The average molecular weight is 262 g/mol. The number of ether oxygens (including phenoxy) is 1. The molecule has 1 amide bonds. The van der Waals surface area contributed by atoms with Crippen molar-refractivity contribution < 1.29 is 19.4 Å². The maximum absolute atomic E-state index is 11.7. The van der Waals surface area contributed by atoms with Gasteiger partial charge in [-0.05, 0) is 23.6 Å². The van der Waals surface area contributed by atoms with Crippen molar-refractivity contribution in [2.24, 2.45) is 5.92 Å². The molecule has 0 bridgehead atoms. The van der Waals surface area contributed by atoms with Crippen molar-refractivity contribution in [2.75, 3.05) is 5.32 Å². The van der Waals surface area contributed by atoms with Crippen LogP contribution in [-0.2, 0) is 9.59 Å². The van der Waals surface area contributed by atoms with Gasteiger partial charge < -0.3 is 15.2 Å². The third-order valence-electron chi connectivity index (χ3n) is 2.65. The topological polar surface area (TPSA) is 88.5 Å². The van der Waals surface area contributed by atoms with E-state index in [0.29, 0.717) is 17.1 Å². The van der Waals surface area contributed by atoms with E-state index in [4.69, 9.17) is 9.84 Å². The van der Waals surface area contributed by atoms with Gasteiger partial charge in [0.25, 0.3) is 5.91 Å². The van der Waals surface area contributed by atoms with Crippen LogP contribution in [0.3, 0.4) is 0 Å². The fraction of sp³-hybridized carbons (Fsp3) is 0.308. The Bertz CT molecular complexity index is 552. The van der Waals surface area contributed by atoms with Gasteiger partial charge in [-0.15, -0.1) is 0 Å². The lowest BCUT2D eigenvalue weighted by Gasteiger charge is -2.27. The molecule has 2 rings (SSSR count). The van der Waals surface area contributed by atoms with Crippen LogP contribution in [0.15, 0.2) is 18.3 Å². The Hall–Kier alpha value is -2.37. The summed E-state index contributed by atoms with van der Waals surface area (Å²) in [6.07, 6.45) is 3.34. The molecular formula is C13H14N2O4. The lowest BCUT2D eigenvalue weighted by atomic mass is 10.1. The van der Waals surface area contributed by atoms with Gasteiger partial charge in [0.15, 0.2) is 17.7 Å². The summed E-state index contributed by atoms with van der Waals surface area (Å²) in [6.45, 7) is 3.77. The van der Waals surface area contributed by atoms with Gasteiger partial charge in [-0.2, -0.15) is 0 Å². The Balaban J connectivity index is 2.28. The first-order chi connectivity index (χ1) is 8.97. The summed E-state index contributed by atoms with van der Waals surface area (Å²) in [5.41, 5.74) is 0.597. The molecule has 0 saturated carbocycles. The van der Waals surface area contributed by atoms with Crippen molar-refractivity contribution >= 4 is 23.8 Å². The number of carbonyl (C=O) groups is 2. The van der Waals surface area contributed by atoms with E-state index in [0.717, 1.165) is 6.08 Å². The molecule has 6 heteroatoms. The predicted octanol–water partition coefficient (Wildman–Crippen LogP) is 1.53. The monoisotopic (exact) mass is 262 g/mol. The number of rotatable bonds is 3. The van der Waals surface area contributed by atoms with Crippen molar-refractivity contribution in [3.63, 3.8) is 0 Å². The Labute approximate surface area is 110 Å². The molecule has 0 aromatic carbocycles. The molecule has 6 nitrogen and oxygen atoms in total. The van der Waals surface area contributed by atoms with Gasteiger partial charge in [0.2, 0.25) is 0 Å². The van der Waals surface area contributed by atoms with Crippen LogP contribution in [0.25, 0.3) is 6.08 Å². The standard InChI is InChI=1S/C13H14N2O4/c1-7(2)11-13(18)15-12-9(19-11)5-8(6-14-12)3-4-10(16)17/h3-7,11H,1-2H3,(H,16,17)(H,14,15,18). The predicted molar refractivity (Wildman–Crippen MR) is 68.8 cm³/mol. The minimum absolute atomic E-state index is 0.0337. The summed E-state index contributed by atoms with van der Waals surface area (Å²) in [4.78, 5) is 26.2. The first-order valence-electron chi connectivity index (χ1n) is 5.86. The number of amides is 1. The number of carbonyl (C=O) groups excluding carboxylic acids is 1. The first-order valence-corrected chi connectivity index (χ1v) is 5.86. The zero-order valence-corrected chi connectivity index (χ0v) is 10.6. The van der Waals surface area contributed by atoms with Crippen LogP contribution in [0, 0.1) is 5.92 Å². The minimum atomic E-state index is -1.04. The van der Waals surface area contributed by atoms with E-state index in [1.807, 2.05) is 13.8 Å². The third kappa shape index (κ3) is 2.90. The molecule has 1 atom stereocenters. The second-order valence-electron chi connectivity index (χ2n) is 4.56. The molecule has 1 aliphatic rings. The van der Waals surface area contributed by atoms with Gasteiger partial charge in [-0.3, -0.25) is 4.79 Å². The number of aromatic nitrogens is 1. The number of hydrogen-bond acceptors (Lipinski definition) is 4. The zero-order valence-electron chi connectivity index (χ0n) is 10.6. The number of pyridine rings is 1. The fourth-order valence-corrected chi connectivity index (χ4v) is 1.72. The second-order valence-corrected chi connectivity index (χ2v) is 4.56. The molecule has 0 saturated heterocycles. The van der Waals surface area contributed by atoms with E-state index in [1.165, 1.54) is 12.3 Å². The molecule has 0 spiro atoms. The van der Waals surface area contributed by atoms with Crippen LogP contribution in [0.2, 0.25) is 0 Å². The molecule has 0 radical (unpaired) electrons. The quantitative estimate of drug-likeness (QED) is 0.806. The number of hydrogen-bond donors (Lipinski definition) is 2. The van der Waals surface area contributed by atoms with E-state index in [-0.39, 0.29) is 11.8 Å². The molecule has 1 aliphatic heterocycles. The van der Waals surface area contributed by atoms with Crippen molar-refractivity contribution in [2.45, 2.75) is 20.0 Å². The zero-order chi connectivity index (χ0) is 14.0. The van der Waals surface area contributed by atoms with Gasteiger partial charge in [-0.25, -0.2) is 9.78 Å². The average Bonchev–Trinajstić information content (AvgIpc) is 2.35. The van der Waals surface area contributed by atoms with Gasteiger partial charge >= 0.3 is 5.97 Å². The smallest absolute Gasteiger partial charge is 0.328 e. The molecule has 19 heavy (non-hydrogen) atoms. The Morgan fingerprint density at radius 3 is 2.95 bits per heavy atom. The summed E-state index contributed by atoms with van der Waals surface area (Å²) >= 11 is 0. The molecule has 0 aliphatic carbocycles. The maximum Gasteiger partial charge on any atom is 0.328 e. The highest BCUT2D eigenvalue weighted by atomic mass is 16.5. The molecule has 0 fully saturated rings. The summed E-state index contributed by atoms with van der Waals surface area (Å²) in [6, 6.07) is 1.65. The van der Waals surface area contributed by atoms with Gasteiger partial charge in [-0.1, -0.05) is 13.8 Å². The van der Waals surface area contributed by atoms with Crippen LogP contribution in [0.5, 0.6) is 5.75 Å². The van der Waals surface area contributed by atoms with Gasteiger partial charge in [0.05, 0.1) is 0 Å². The van der Waals surface area contributed by atoms with Gasteiger partial charge in [0, 0.05) is 12.3 Å². The third-order valence-corrected chi connectivity index (χ3v) is 2.65. The van der Waals surface area contributed by atoms with E-state index < -0.39 is 12.1 Å². The van der Waals surface area contributed by atoms with Crippen LogP contribution in [-0.4, -0.2) is 28.1 Å². The summed E-state index contributed by atoms with van der Waals surface area (Å²) < 4.78 is 5.60. The van der Waals surface area contributed by atoms with Crippen molar-refractivity contribution in [3.8, 4) is 5.75 Å². The van der Waals surface area contributed by atoms with E-state index in [9.17, 15) is 9.59 Å². The molecule has 1 aromatic heterocycles.